The zero-order valence-corrected chi connectivity index (χ0v) is 15.4. The molecule has 2 aromatic heterocycles. The predicted molar refractivity (Wildman–Crippen MR) is 98.1 cm³/mol. The maximum atomic E-state index is 10.6. The second-order valence-corrected chi connectivity index (χ2v) is 5.98. The highest BCUT2D eigenvalue weighted by Gasteiger charge is 2.38. The van der Waals surface area contributed by atoms with Crippen LogP contribution in [0.3, 0.4) is 0 Å². The van der Waals surface area contributed by atoms with Crippen LogP contribution in [0.4, 0.5) is 18.9 Å². The summed E-state index contributed by atoms with van der Waals surface area (Å²) in [6, 6.07) is 12.9. The van der Waals surface area contributed by atoms with Gasteiger partial charge in [0, 0.05) is 28.5 Å². The van der Waals surface area contributed by atoms with Gasteiger partial charge in [0.05, 0.1) is 18.8 Å². The lowest BCUT2D eigenvalue weighted by Gasteiger charge is -2.04. The molecule has 1 aromatic carbocycles. The molecule has 3 aromatic rings. The number of benzene rings is 1. The average molecular weight is 430 g/mol. The smallest absolute Gasteiger partial charge is 0.475 e. The van der Waals surface area contributed by atoms with E-state index in [9.17, 15) is 13.2 Å². The van der Waals surface area contributed by atoms with Gasteiger partial charge in [-0.15, -0.1) is 0 Å². The Morgan fingerprint density at radius 2 is 1.79 bits per heavy atom. The van der Waals surface area contributed by atoms with Crippen molar-refractivity contribution in [3.05, 3.63) is 65.1 Å². The number of carbonyl (C=O) groups is 1. The maximum absolute atomic E-state index is 10.6. The number of nitrogens with one attached hydrogen (secondary N) is 1. The molecule has 0 saturated heterocycles. The Morgan fingerprint density at radius 3 is 2.38 bits per heavy atom. The number of hydrogen-bond acceptors (Lipinski definition) is 6. The van der Waals surface area contributed by atoms with Crippen LogP contribution in [0.2, 0.25) is 5.02 Å². The summed E-state index contributed by atoms with van der Waals surface area (Å²) in [7, 11) is 0. The highest BCUT2D eigenvalue weighted by atomic mass is 35.5. The van der Waals surface area contributed by atoms with Crippen LogP contribution in [0.1, 0.15) is 11.4 Å². The molecule has 3 rings (SSSR count). The Balaban J connectivity index is 0.000000370. The fourth-order valence-corrected chi connectivity index (χ4v) is 2.14. The second kappa shape index (κ2) is 9.89. The summed E-state index contributed by atoms with van der Waals surface area (Å²) < 4.78 is 37.1. The van der Waals surface area contributed by atoms with E-state index in [0.717, 1.165) is 16.9 Å². The van der Waals surface area contributed by atoms with Gasteiger partial charge in [-0.1, -0.05) is 16.8 Å². The summed E-state index contributed by atoms with van der Waals surface area (Å²) in [5, 5.41) is 24.1. The Hall–Kier alpha value is -3.11. The molecule has 0 radical (unpaired) electrons. The molecule has 154 valence electrons. The Labute approximate surface area is 167 Å². The number of aliphatic hydroxyl groups is 1. The number of rotatable bonds is 5. The minimum Gasteiger partial charge on any atom is -0.475 e. The van der Waals surface area contributed by atoms with Gasteiger partial charge < -0.3 is 20.1 Å². The Bertz CT molecular complexity index is 946. The summed E-state index contributed by atoms with van der Waals surface area (Å²) >= 11 is 5.87. The van der Waals surface area contributed by atoms with E-state index < -0.39 is 12.1 Å². The van der Waals surface area contributed by atoms with Crippen molar-refractivity contribution < 1.29 is 32.7 Å². The molecule has 0 saturated carbocycles. The van der Waals surface area contributed by atoms with Crippen molar-refractivity contribution in [1.29, 1.82) is 0 Å². The maximum Gasteiger partial charge on any atom is 0.490 e. The van der Waals surface area contributed by atoms with Crippen LogP contribution < -0.4 is 5.32 Å². The van der Waals surface area contributed by atoms with Crippen LogP contribution in [0.25, 0.3) is 11.3 Å². The predicted octanol–water partition coefficient (Wildman–Crippen LogP) is 4.13. The van der Waals surface area contributed by atoms with Crippen molar-refractivity contribution in [3.63, 3.8) is 0 Å². The van der Waals surface area contributed by atoms with E-state index in [0.29, 0.717) is 23.0 Å². The van der Waals surface area contributed by atoms with Crippen molar-refractivity contribution in [1.82, 2.24) is 10.1 Å². The van der Waals surface area contributed by atoms with Crippen LogP contribution in [0, 0.1) is 0 Å². The van der Waals surface area contributed by atoms with Crippen molar-refractivity contribution >= 4 is 23.3 Å². The molecule has 0 fully saturated rings. The topological polar surface area (TPSA) is 108 Å². The molecule has 0 unspecified atom stereocenters. The molecule has 0 aliphatic rings. The van der Waals surface area contributed by atoms with Gasteiger partial charge in [-0.2, -0.15) is 13.2 Å². The fraction of sp³-hybridized carbons (Fsp3) is 0.167. The zero-order valence-electron chi connectivity index (χ0n) is 14.7. The summed E-state index contributed by atoms with van der Waals surface area (Å²) in [6.07, 6.45) is -3.43. The molecule has 29 heavy (non-hydrogen) atoms. The minimum atomic E-state index is -5.08. The van der Waals surface area contributed by atoms with E-state index in [1.165, 1.54) is 0 Å². The Morgan fingerprint density at radius 1 is 1.14 bits per heavy atom. The zero-order chi connectivity index (χ0) is 21.4. The summed E-state index contributed by atoms with van der Waals surface area (Å²) in [6.45, 7) is 0.437. The SMILES string of the molecule is O=C(O)C(F)(F)F.OCc1cc(NCc2cc(-c3ccc(Cl)cc3)on2)ccn1. The molecule has 3 N–H and O–H groups in total. The highest BCUT2D eigenvalue weighted by molar-refractivity contribution is 6.30. The van der Waals surface area contributed by atoms with Crippen LogP contribution in [-0.2, 0) is 17.9 Å². The largest absolute Gasteiger partial charge is 0.490 e. The van der Waals surface area contributed by atoms with Crippen LogP contribution >= 0.6 is 11.6 Å². The molecule has 0 aliphatic carbocycles. The third-order valence-electron chi connectivity index (χ3n) is 3.38. The van der Waals surface area contributed by atoms with Gasteiger partial charge in [0.2, 0.25) is 0 Å². The van der Waals surface area contributed by atoms with Gasteiger partial charge in [-0.05, 0) is 36.4 Å². The lowest BCUT2D eigenvalue weighted by molar-refractivity contribution is -0.192. The summed E-state index contributed by atoms with van der Waals surface area (Å²) in [5.74, 6) is -2.06. The molecular formula is C18H15ClF3N3O4. The first-order chi connectivity index (χ1) is 13.7. The summed E-state index contributed by atoms with van der Waals surface area (Å²) in [4.78, 5) is 12.9. The number of alkyl halides is 3. The fourth-order valence-electron chi connectivity index (χ4n) is 2.01. The van der Waals surface area contributed by atoms with E-state index in [1.54, 1.807) is 12.3 Å². The van der Waals surface area contributed by atoms with Gasteiger partial charge in [0.25, 0.3) is 0 Å². The lowest BCUT2D eigenvalue weighted by Crippen LogP contribution is -2.21. The number of carboxylic acid groups (broad SMARTS) is 1. The van der Waals surface area contributed by atoms with E-state index in [-0.39, 0.29) is 6.61 Å². The first kappa shape index (κ1) is 22.2. The number of aliphatic carboxylic acids is 1. The standard InChI is InChI=1S/C16H14ClN3O2.C2HF3O2/c17-12-3-1-11(2-4-12)16-8-14(20-22-16)9-19-13-5-6-18-15(7-13)10-21;3-2(4,5)1(6)7/h1-8,21H,9-10H2,(H,18,19);(H,6,7). The molecule has 2 heterocycles. The van der Waals surface area contributed by atoms with Crippen LogP contribution in [0.5, 0.6) is 0 Å². The second-order valence-electron chi connectivity index (χ2n) is 5.54. The number of aliphatic hydroxyl groups excluding tert-OH is 1. The lowest BCUT2D eigenvalue weighted by atomic mass is 10.1. The number of pyridine rings is 1. The van der Waals surface area contributed by atoms with Crippen molar-refractivity contribution in [3.8, 4) is 11.3 Å². The molecule has 0 spiro atoms. The van der Waals surface area contributed by atoms with Crippen molar-refractivity contribution in [2.45, 2.75) is 19.3 Å². The number of anilines is 1. The monoisotopic (exact) mass is 429 g/mol. The molecule has 7 nitrogen and oxygen atoms in total. The van der Waals surface area contributed by atoms with Gasteiger partial charge >= 0.3 is 12.1 Å². The Kier molecular flexibility index (Phi) is 7.57. The number of hydrogen-bond donors (Lipinski definition) is 3. The third kappa shape index (κ3) is 7.09. The first-order valence-electron chi connectivity index (χ1n) is 8.00. The highest BCUT2D eigenvalue weighted by Crippen LogP contribution is 2.22. The molecule has 0 atom stereocenters. The van der Waals surface area contributed by atoms with E-state index >= 15 is 0 Å². The molecule has 0 amide bonds. The first-order valence-corrected chi connectivity index (χ1v) is 8.38. The van der Waals surface area contributed by atoms with E-state index in [1.807, 2.05) is 36.4 Å². The molecular weight excluding hydrogens is 415 g/mol. The summed E-state index contributed by atoms with van der Waals surface area (Å²) in [5.41, 5.74) is 3.20. The molecule has 11 heteroatoms. The molecule has 0 aliphatic heterocycles. The van der Waals surface area contributed by atoms with Gasteiger partial charge in [-0.3, -0.25) is 4.98 Å². The quantitative estimate of drug-likeness (QED) is 0.559. The number of aromatic nitrogens is 2. The van der Waals surface area contributed by atoms with Crippen LogP contribution in [-0.4, -0.2) is 32.5 Å². The van der Waals surface area contributed by atoms with Crippen molar-refractivity contribution in [2.75, 3.05) is 5.32 Å². The van der Waals surface area contributed by atoms with Crippen LogP contribution in [0.15, 0.2) is 53.2 Å². The average Bonchev–Trinajstić information content (AvgIpc) is 3.16. The normalized spacial score (nSPS) is 10.8. The van der Waals surface area contributed by atoms with E-state index in [2.05, 4.69) is 15.5 Å². The van der Waals surface area contributed by atoms with Gasteiger partial charge in [0.1, 0.15) is 5.69 Å². The third-order valence-corrected chi connectivity index (χ3v) is 3.63. The van der Waals surface area contributed by atoms with E-state index in [4.69, 9.17) is 31.1 Å². The van der Waals surface area contributed by atoms with Gasteiger partial charge in [0.15, 0.2) is 5.76 Å². The van der Waals surface area contributed by atoms with Gasteiger partial charge in [-0.25, -0.2) is 4.79 Å². The molecule has 0 bridgehead atoms. The number of carboxylic acids is 1. The minimum absolute atomic E-state index is 0.0831. The number of nitrogens with zero attached hydrogens (tertiary/aromatic N) is 2. The van der Waals surface area contributed by atoms with Crippen molar-refractivity contribution in [2.24, 2.45) is 0 Å². The number of halogens is 4.